The average Bonchev–Trinajstić information content (AvgIpc) is 2.60. The number of carbonyl (C=O) groups is 1. The molecule has 0 aromatic heterocycles. The summed E-state index contributed by atoms with van der Waals surface area (Å²) < 4.78 is 11.6. The minimum Gasteiger partial charge on any atom is -0.496 e. The molecule has 26 heavy (non-hydrogen) atoms. The molecule has 138 valence electrons. The average molecular weight is 354 g/mol. The first-order valence-electron chi connectivity index (χ1n) is 8.43. The van der Waals surface area contributed by atoms with Crippen LogP contribution in [0.25, 0.3) is 11.1 Å². The van der Waals surface area contributed by atoms with E-state index in [-0.39, 0.29) is 5.41 Å². The summed E-state index contributed by atoms with van der Waals surface area (Å²) in [5.41, 5.74) is 3.37. The number of benzene rings is 2. The summed E-state index contributed by atoms with van der Waals surface area (Å²) in [6, 6.07) is 11.0. The highest BCUT2D eigenvalue weighted by Gasteiger charge is 2.17. The first-order chi connectivity index (χ1) is 12.2. The molecule has 1 N–H and O–H groups in total. The van der Waals surface area contributed by atoms with Gasteiger partial charge in [0.15, 0.2) is 0 Å². The molecule has 0 saturated carbocycles. The quantitative estimate of drug-likeness (QED) is 0.738. The number of amides is 2. The molecule has 0 atom stereocenters. The third-order valence-electron chi connectivity index (χ3n) is 3.78. The molecular weight excluding hydrogens is 328 g/mol. The molecule has 5 nitrogen and oxygen atoms in total. The number of nitrogens with one attached hydrogen (secondary N) is 1. The standard InChI is InChI=1S/C21H26N2O3/c1-14-10-11-15(12-16(14)23-20(24)22-5)19-17(25-6)8-7-9-18(19)26-13-21(2,3)4/h7-12H,5,13H2,1-4,6H3,(H,23,24). The largest absolute Gasteiger partial charge is 0.496 e. The van der Waals surface area contributed by atoms with E-state index < -0.39 is 6.03 Å². The number of ether oxygens (including phenoxy) is 2. The van der Waals surface area contributed by atoms with Gasteiger partial charge in [0.25, 0.3) is 0 Å². The van der Waals surface area contributed by atoms with Crippen LogP contribution in [0.4, 0.5) is 10.5 Å². The molecule has 0 aliphatic heterocycles. The zero-order valence-corrected chi connectivity index (χ0v) is 16.1. The summed E-state index contributed by atoms with van der Waals surface area (Å²) in [5.74, 6) is 1.45. The van der Waals surface area contributed by atoms with Crippen LogP contribution in [0.2, 0.25) is 0 Å². The molecule has 2 aromatic carbocycles. The summed E-state index contributed by atoms with van der Waals surface area (Å²) in [5, 5.41) is 2.73. The SMILES string of the molecule is C=NC(=O)Nc1cc(-c2c(OC)cccc2OCC(C)(C)C)ccc1C. The van der Waals surface area contributed by atoms with E-state index in [0.29, 0.717) is 18.0 Å². The molecule has 2 aromatic rings. The Hall–Kier alpha value is -2.82. The molecule has 0 spiro atoms. The maximum atomic E-state index is 11.6. The van der Waals surface area contributed by atoms with Gasteiger partial charge in [-0.25, -0.2) is 9.79 Å². The van der Waals surface area contributed by atoms with Crippen LogP contribution < -0.4 is 14.8 Å². The van der Waals surface area contributed by atoms with Gasteiger partial charge in [0.05, 0.1) is 19.3 Å². The second-order valence-corrected chi connectivity index (χ2v) is 7.30. The fourth-order valence-electron chi connectivity index (χ4n) is 2.45. The van der Waals surface area contributed by atoms with Crippen molar-refractivity contribution < 1.29 is 14.3 Å². The van der Waals surface area contributed by atoms with Crippen LogP contribution in [-0.2, 0) is 0 Å². The van der Waals surface area contributed by atoms with Crippen molar-refractivity contribution in [3.63, 3.8) is 0 Å². The summed E-state index contributed by atoms with van der Waals surface area (Å²) in [4.78, 5) is 15.0. The Labute approximate surface area is 155 Å². The number of aliphatic imine (C=N–C) groups is 1. The van der Waals surface area contributed by atoms with Gasteiger partial charge in [0.1, 0.15) is 11.5 Å². The van der Waals surface area contributed by atoms with Gasteiger partial charge in [-0.15, -0.1) is 0 Å². The lowest BCUT2D eigenvalue weighted by Gasteiger charge is -2.22. The second kappa shape index (κ2) is 8.04. The third kappa shape index (κ3) is 4.85. The van der Waals surface area contributed by atoms with Crippen LogP contribution in [0.5, 0.6) is 11.5 Å². The number of hydrogen-bond donors (Lipinski definition) is 1. The number of methoxy groups -OCH3 is 1. The first kappa shape index (κ1) is 19.5. The lowest BCUT2D eigenvalue weighted by molar-refractivity contribution is 0.198. The maximum Gasteiger partial charge on any atom is 0.344 e. The van der Waals surface area contributed by atoms with Crippen molar-refractivity contribution >= 4 is 18.4 Å². The Morgan fingerprint density at radius 3 is 2.50 bits per heavy atom. The molecule has 2 rings (SSSR count). The van der Waals surface area contributed by atoms with E-state index in [1.54, 1.807) is 7.11 Å². The lowest BCUT2D eigenvalue weighted by atomic mass is 9.98. The molecular formula is C21H26N2O3. The van der Waals surface area contributed by atoms with Crippen LogP contribution in [0.1, 0.15) is 26.3 Å². The Kier molecular flexibility index (Phi) is 6.03. The van der Waals surface area contributed by atoms with Crippen molar-refractivity contribution in [2.75, 3.05) is 19.0 Å². The van der Waals surface area contributed by atoms with Gasteiger partial charge in [-0.2, -0.15) is 0 Å². The van der Waals surface area contributed by atoms with Crippen LogP contribution in [0, 0.1) is 12.3 Å². The number of carbonyl (C=O) groups excluding carboxylic acids is 1. The monoisotopic (exact) mass is 354 g/mol. The van der Waals surface area contributed by atoms with Crippen LogP contribution in [0.15, 0.2) is 41.4 Å². The highest BCUT2D eigenvalue weighted by atomic mass is 16.5. The van der Waals surface area contributed by atoms with Crippen LogP contribution in [-0.4, -0.2) is 26.5 Å². The fraction of sp³-hybridized carbons (Fsp3) is 0.333. The predicted octanol–water partition coefficient (Wildman–Crippen LogP) is 5.33. The molecule has 0 aliphatic rings. The highest BCUT2D eigenvalue weighted by molar-refractivity contribution is 5.94. The molecule has 0 heterocycles. The van der Waals surface area contributed by atoms with E-state index >= 15 is 0 Å². The summed E-state index contributed by atoms with van der Waals surface area (Å²) in [7, 11) is 1.63. The zero-order valence-electron chi connectivity index (χ0n) is 16.1. The number of rotatable bonds is 5. The Bertz CT molecular complexity index is 807. The molecule has 0 fully saturated rings. The van der Waals surface area contributed by atoms with Crippen molar-refractivity contribution in [3.8, 4) is 22.6 Å². The summed E-state index contributed by atoms with van der Waals surface area (Å²) in [6.07, 6.45) is 0. The van der Waals surface area contributed by atoms with Gasteiger partial charge in [-0.1, -0.05) is 39.0 Å². The van der Waals surface area contributed by atoms with Gasteiger partial charge >= 0.3 is 6.03 Å². The van der Waals surface area contributed by atoms with E-state index in [0.717, 1.165) is 22.4 Å². The van der Waals surface area contributed by atoms with E-state index in [1.165, 1.54) is 0 Å². The van der Waals surface area contributed by atoms with Gasteiger partial charge in [-0.05, 0) is 48.4 Å². The predicted molar refractivity (Wildman–Crippen MR) is 107 cm³/mol. The maximum absolute atomic E-state index is 11.6. The number of hydrogen-bond acceptors (Lipinski definition) is 3. The normalized spacial score (nSPS) is 11.0. The highest BCUT2D eigenvalue weighted by Crippen LogP contribution is 2.40. The fourth-order valence-corrected chi connectivity index (χ4v) is 2.45. The molecule has 0 aliphatic carbocycles. The number of nitrogens with zero attached hydrogens (tertiary/aromatic N) is 1. The van der Waals surface area contributed by atoms with Crippen molar-refractivity contribution in [2.24, 2.45) is 10.4 Å². The minimum absolute atomic E-state index is 0.0301. The van der Waals surface area contributed by atoms with E-state index in [9.17, 15) is 4.79 Å². The molecule has 0 radical (unpaired) electrons. The van der Waals surface area contributed by atoms with Gasteiger partial charge < -0.3 is 14.8 Å². The van der Waals surface area contributed by atoms with E-state index in [4.69, 9.17) is 9.47 Å². The van der Waals surface area contributed by atoms with E-state index in [2.05, 4.69) is 37.8 Å². The van der Waals surface area contributed by atoms with Crippen LogP contribution in [0.3, 0.4) is 0 Å². The van der Waals surface area contributed by atoms with Crippen molar-refractivity contribution in [1.82, 2.24) is 0 Å². The Morgan fingerprint density at radius 1 is 1.19 bits per heavy atom. The molecule has 2 amide bonds. The minimum atomic E-state index is -0.491. The molecule has 0 unspecified atom stereocenters. The van der Waals surface area contributed by atoms with Crippen molar-refractivity contribution in [2.45, 2.75) is 27.7 Å². The Balaban J connectivity index is 2.50. The molecule has 0 bridgehead atoms. The zero-order chi connectivity index (χ0) is 19.3. The second-order valence-electron chi connectivity index (χ2n) is 7.30. The van der Waals surface area contributed by atoms with Gasteiger partial charge in [-0.3, -0.25) is 0 Å². The van der Waals surface area contributed by atoms with Gasteiger partial charge in [0.2, 0.25) is 0 Å². The van der Waals surface area contributed by atoms with Crippen LogP contribution >= 0.6 is 0 Å². The van der Waals surface area contributed by atoms with Crippen molar-refractivity contribution in [1.29, 1.82) is 0 Å². The Morgan fingerprint density at radius 2 is 1.88 bits per heavy atom. The summed E-state index contributed by atoms with van der Waals surface area (Å²) in [6.45, 7) is 12.1. The number of anilines is 1. The summed E-state index contributed by atoms with van der Waals surface area (Å²) >= 11 is 0. The lowest BCUT2D eigenvalue weighted by Crippen LogP contribution is -2.17. The number of aryl methyl sites for hydroxylation is 1. The molecule has 5 heteroatoms. The first-order valence-corrected chi connectivity index (χ1v) is 8.43. The smallest absolute Gasteiger partial charge is 0.344 e. The number of urea groups is 1. The third-order valence-corrected chi connectivity index (χ3v) is 3.78. The topological polar surface area (TPSA) is 59.9 Å². The molecule has 0 saturated heterocycles. The van der Waals surface area contributed by atoms with E-state index in [1.807, 2.05) is 43.3 Å². The van der Waals surface area contributed by atoms with Gasteiger partial charge in [0, 0.05) is 5.69 Å². The van der Waals surface area contributed by atoms with Crippen molar-refractivity contribution in [3.05, 3.63) is 42.0 Å².